The zero-order chi connectivity index (χ0) is 15.2. The molecule has 0 unspecified atom stereocenters. The minimum atomic E-state index is -4.03. The molecule has 0 bridgehead atoms. The lowest BCUT2D eigenvalue weighted by Crippen LogP contribution is -2.26. The summed E-state index contributed by atoms with van der Waals surface area (Å²) in [4.78, 5) is -0.637. The van der Waals surface area contributed by atoms with Crippen LogP contribution in [0.3, 0.4) is 0 Å². The highest BCUT2D eigenvalue weighted by atomic mass is 32.2. The van der Waals surface area contributed by atoms with Crippen LogP contribution in [0.5, 0.6) is 0 Å². The number of nitrogens with one attached hydrogen (secondary N) is 2. The summed E-state index contributed by atoms with van der Waals surface area (Å²) >= 11 is 0. The molecular weight excluding hydrogens is 286 g/mol. The number of benzene rings is 1. The lowest BCUT2D eigenvalue weighted by atomic mass is 10.2. The molecule has 0 aromatic heterocycles. The molecule has 0 amide bonds. The van der Waals surface area contributed by atoms with Crippen molar-refractivity contribution >= 4 is 10.0 Å². The molecule has 0 radical (unpaired) electrons. The fraction of sp³-hybridized carbons (Fsp3) is 0.538. The second-order valence-electron chi connectivity index (χ2n) is 4.42. The van der Waals surface area contributed by atoms with Gasteiger partial charge in [-0.15, -0.1) is 0 Å². The molecule has 7 heteroatoms. The smallest absolute Gasteiger partial charge is 0.243 e. The van der Waals surface area contributed by atoms with Crippen molar-refractivity contribution in [3.8, 4) is 0 Å². The summed E-state index contributed by atoms with van der Waals surface area (Å²) in [7, 11) is -4.03. The molecule has 2 N–H and O–H groups in total. The summed E-state index contributed by atoms with van der Waals surface area (Å²) in [5, 5.41) is 2.94. The number of hydrogen-bond acceptors (Lipinski definition) is 3. The van der Waals surface area contributed by atoms with Crippen molar-refractivity contribution in [1.82, 2.24) is 10.0 Å². The molecule has 1 rings (SSSR count). The third-order valence-electron chi connectivity index (χ3n) is 2.75. The summed E-state index contributed by atoms with van der Waals surface area (Å²) < 4.78 is 53.4. The molecule has 0 aliphatic carbocycles. The van der Waals surface area contributed by atoms with Crippen molar-refractivity contribution in [1.29, 1.82) is 0 Å². The normalized spacial score (nSPS) is 11.8. The maximum atomic E-state index is 13.7. The Hall–Kier alpha value is -1.05. The first kappa shape index (κ1) is 17.0. The predicted molar refractivity (Wildman–Crippen MR) is 73.8 cm³/mol. The van der Waals surface area contributed by atoms with Gasteiger partial charge in [0, 0.05) is 13.1 Å². The van der Waals surface area contributed by atoms with Crippen LogP contribution < -0.4 is 10.0 Å². The Morgan fingerprint density at radius 2 is 1.90 bits per heavy atom. The Morgan fingerprint density at radius 3 is 2.50 bits per heavy atom. The zero-order valence-electron chi connectivity index (χ0n) is 11.7. The van der Waals surface area contributed by atoms with Crippen molar-refractivity contribution in [2.45, 2.75) is 38.1 Å². The third-order valence-corrected chi connectivity index (χ3v) is 4.21. The first-order chi connectivity index (χ1) is 9.42. The van der Waals surface area contributed by atoms with E-state index in [9.17, 15) is 17.2 Å². The topological polar surface area (TPSA) is 58.2 Å². The average Bonchev–Trinajstić information content (AvgIpc) is 2.39. The molecular formula is C13H20F2N2O2S. The van der Waals surface area contributed by atoms with Crippen molar-refractivity contribution in [2.75, 3.05) is 13.1 Å². The quantitative estimate of drug-likeness (QED) is 0.724. The Morgan fingerprint density at radius 1 is 1.20 bits per heavy atom. The molecule has 0 fully saturated rings. The van der Waals surface area contributed by atoms with Gasteiger partial charge >= 0.3 is 0 Å². The van der Waals surface area contributed by atoms with E-state index in [4.69, 9.17) is 0 Å². The van der Waals surface area contributed by atoms with Crippen LogP contribution in [0.2, 0.25) is 0 Å². The van der Waals surface area contributed by atoms with E-state index < -0.39 is 26.6 Å². The van der Waals surface area contributed by atoms with E-state index in [1.807, 2.05) is 13.8 Å². The summed E-state index contributed by atoms with van der Waals surface area (Å²) in [5.74, 6) is -2.49. The molecule has 0 aliphatic heterocycles. The molecule has 4 nitrogen and oxygen atoms in total. The van der Waals surface area contributed by atoms with E-state index in [1.54, 1.807) is 0 Å². The highest BCUT2D eigenvalue weighted by molar-refractivity contribution is 7.89. The maximum Gasteiger partial charge on any atom is 0.243 e. The Balaban J connectivity index is 3.05. The van der Waals surface area contributed by atoms with Gasteiger partial charge < -0.3 is 5.32 Å². The van der Waals surface area contributed by atoms with Gasteiger partial charge in [-0.05, 0) is 30.7 Å². The fourth-order valence-corrected chi connectivity index (χ4v) is 2.85. The number of sulfonamides is 1. The van der Waals surface area contributed by atoms with Gasteiger partial charge in [0.05, 0.1) is 0 Å². The molecule has 0 saturated carbocycles. The van der Waals surface area contributed by atoms with Crippen LogP contribution in [-0.2, 0) is 16.6 Å². The van der Waals surface area contributed by atoms with Crippen LogP contribution in [0.25, 0.3) is 0 Å². The largest absolute Gasteiger partial charge is 0.313 e. The van der Waals surface area contributed by atoms with Crippen molar-refractivity contribution in [3.05, 3.63) is 29.3 Å². The minimum absolute atomic E-state index is 0.206. The highest BCUT2D eigenvalue weighted by Gasteiger charge is 2.22. The van der Waals surface area contributed by atoms with E-state index >= 15 is 0 Å². The van der Waals surface area contributed by atoms with Gasteiger partial charge in [-0.1, -0.05) is 20.3 Å². The molecule has 0 heterocycles. The van der Waals surface area contributed by atoms with Crippen molar-refractivity contribution in [3.63, 3.8) is 0 Å². The van der Waals surface area contributed by atoms with Crippen LogP contribution in [0.1, 0.15) is 32.3 Å². The van der Waals surface area contributed by atoms with E-state index in [0.717, 1.165) is 18.6 Å². The van der Waals surface area contributed by atoms with E-state index in [0.29, 0.717) is 18.5 Å². The third kappa shape index (κ3) is 4.50. The lowest BCUT2D eigenvalue weighted by Gasteiger charge is -2.10. The first-order valence-corrected chi connectivity index (χ1v) is 8.09. The van der Waals surface area contributed by atoms with Crippen molar-refractivity contribution < 1.29 is 17.2 Å². The van der Waals surface area contributed by atoms with E-state index in [1.165, 1.54) is 0 Å². The van der Waals surface area contributed by atoms with E-state index in [-0.39, 0.29) is 13.1 Å². The highest BCUT2D eigenvalue weighted by Crippen LogP contribution is 2.20. The Bertz CT molecular complexity index is 548. The number of rotatable bonds is 8. The summed E-state index contributed by atoms with van der Waals surface area (Å²) in [6.07, 6.45) is 1.44. The van der Waals surface area contributed by atoms with Gasteiger partial charge in [0.15, 0.2) is 11.6 Å². The molecule has 0 atom stereocenters. The molecule has 1 aromatic carbocycles. The lowest BCUT2D eigenvalue weighted by molar-refractivity contribution is 0.480. The van der Waals surface area contributed by atoms with Gasteiger partial charge in [0.25, 0.3) is 0 Å². The van der Waals surface area contributed by atoms with Crippen LogP contribution in [0.4, 0.5) is 8.78 Å². The number of unbranched alkanes of at least 4 members (excludes halogenated alkanes) is 1. The molecule has 0 saturated heterocycles. The SMILES string of the molecule is CCCCNS(=O)(=O)c1cc(CNCC)cc(F)c1F. The molecule has 0 spiro atoms. The second-order valence-corrected chi connectivity index (χ2v) is 6.16. The second kappa shape index (κ2) is 7.66. The summed E-state index contributed by atoms with van der Waals surface area (Å²) in [5.41, 5.74) is 0.390. The van der Waals surface area contributed by atoms with Crippen LogP contribution in [0.15, 0.2) is 17.0 Å². The zero-order valence-corrected chi connectivity index (χ0v) is 12.5. The molecule has 20 heavy (non-hydrogen) atoms. The van der Waals surface area contributed by atoms with Crippen molar-refractivity contribution in [2.24, 2.45) is 0 Å². The first-order valence-electron chi connectivity index (χ1n) is 6.60. The number of halogens is 2. The predicted octanol–water partition coefficient (Wildman–Crippen LogP) is 2.15. The Labute approximate surface area is 118 Å². The summed E-state index contributed by atoms with van der Waals surface area (Å²) in [6, 6.07) is 2.17. The molecule has 114 valence electrons. The molecule has 1 aromatic rings. The standard InChI is InChI=1S/C13H20F2N2O2S/c1-3-5-6-17-20(18,19)12-8-10(9-16-4-2)7-11(14)13(12)15/h7-8,16-17H,3-6,9H2,1-2H3. The maximum absolute atomic E-state index is 13.7. The Kier molecular flexibility index (Phi) is 6.51. The van der Waals surface area contributed by atoms with E-state index in [2.05, 4.69) is 10.0 Å². The van der Waals surface area contributed by atoms with Gasteiger partial charge in [-0.3, -0.25) is 0 Å². The van der Waals surface area contributed by atoms with Gasteiger partial charge in [-0.25, -0.2) is 21.9 Å². The minimum Gasteiger partial charge on any atom is -0.313 e. The van der Waals surface area contributed by atoms with Crippen LogP contribution in [0, 0.1) is 11.6 Å². The number of hydrogen-bond donors (Lipinski definition) is 2. The van der Waals surface area contributed by atoms with Crippen LogP contribution >= 0.6 is 0 Å². The average molecular weight is 306 g/mol. The summed E-state index contributed by atoms with van der Waals surface area (Å²) in [6.45, 7) is 4.91. The van der Waals surface area contributed by atoms with Crippen LogP contribution in [-0.4, -0.2) is 21.5 Å². The monoisotopic (exact) mass is 306 g/mol. The van der Waals surface area contributed by atoms with Gasteiger partial charge in [0.1, 0.15) is 4.90 Å². The van der Waals surface area contributed by atoms with Gasteiger partial charge in [-0.2, -0.15) is 0 Å². The molecule has 0 aliphatic rings. The van der Waals surface area contributed by atoms with Gasteiger partial charge in [0.2, 0.25) is 10.0 Å². The fourth-order valence-electron chi connectivity index (χ4n) is 1.65.